The topological polar surface area (TPSA) is 73.2 Å². The molecule has 4 N–H and O–H groups in total. The van der Waals surface area contributed by atoms with Crippen LogP contribution in [0.25, 0.3) is 28.1 Å². The van der Waals surface area contributed by atoms with Gasteiger partial charge in [-0.3, -0.25) is 4.90 Å². The highest BCUT2D eigenvalue weighted by Crippen LogP contribution is 2.25. The number of H-pyrrole nitrogens is 1. The van der Waals surface area contributed by atoms with E-state index >= 15 is 0 Å². The Morgan fingerprint density at radius 3 is 2.11 bits per heavy atom. The van der Waals surface area contributed by atoms with Crippen molar-refractivity contribution in [3.8, 4) is 22.4 Å². The van der Waals surface area contributed by atoms with Crippen LogP contribution in [0.5, 0.6) is 0 Å². The fraction of sp³-hybridized carbons (Fsp3) is 0.345. The zero-order valence-electron chi connectivity index (χ0n) is 21.6. The van der Waals surface area contributed by atoms with E-state index in [4.69, 9.17) is 5.73 Å². The molecular formula is C29H40N6. The van der Waals surface area contributed by atoms with E-state index < -0.39 is 0 Å². The number of benzene rings is 2. The summed E-state index contributed by atoms with van der Waals surface area (Å²) in [6, 6.07) is 17.0. The van der Waals surface area contributed by atoms with Crippen molar-refractivity contribution < 1.29 is 0 Å². The first-order chi connectivity index (χ1) is 16.9. The van der Waals surface area contributed by atoms with E-state index in [0.29, 0.717) is 0 Å². The number of hydrogen-bond donors (Lipinski definition) is 3. The van der Waals surface area contributed by atoms with Crippen molar-refractivity contribution in [2.24, 2.45) is 5.73 Å². The molecule has 3 rings (SSSR count). The highest BCUT2D eigenvalue weighted by Gasteiger charge is 2.08. The van der Waals surface area contributed by atoms with E-state index in [0.717, 1.165) is 78.6 Å². The minimum atomic E-state index is 0.781. The Morgan fingerprint density at radius 2 is 1.51 bits per heavy atom. The minimum absolute atomic E-state index is 0.781. The Bertz CT molecular complexity index is 1090. The van der Waals surface area contributed by atoms with Gasteiger partial charge >= 0.3 is 0 Å². The standard InChI is InChI=1S/C29H40N6/c1-6-16-34(4)20-22(3)32-27(18-30)25-12-8-23(9-13-25)24-10-14-26(15-11-24)28-19-31-29(33-28)21-35(5)17-7-2/h8-15,18-19,32H,3,6-7,16-17,20-21,30H2,1-2,4-5H3,(H,31,33)/b27-18-. The van der Waals surface area contributed by atoms with E-state index in [1.165, 1.54) is 5.56 Å². The number of nitrogens with one attached hydrogen (secondary N) is 2. The van der Waals surface area contributed by atoms with Crippen LogP contribution in [-0.2, 0) is 6.54 Å². The first-order valence-electron chi connectivity index (χ1n) is 12.4. The molecule has 0 aliphatic heterocycles. The van der Waals surface area contributed by atoms with Gasteiger partial charge in [-0.05, 0) is 62.3 Å². The molecule has 1 aromatic heterocycles. The van der Waals surface area contributed by atoms with Crippen molar-refractivity contribution >= 4 is 5.70 Å². The van der Waals surface area contributed by atoms with Gasteiger partial charge in [-0.2, -0.15) is 0 Å². The maximum Gasteiger partial charge on any atom is 0.120 e. The smallest absolute Gasteiger partial charge is 0.120 e. The first-order valence-corrected chi connectivity index (χ1v) is 12.4. The van der Waals surface area contributed by atoms with Crippen LogP contribution >= 0.6 is 0 Å². The van der Waals surface area contributed by atoms with Gasteiger partial charge in [0.2, 0.25) is 0 Å². The molecule has 0 saturated carbocycles. The van der Waals surface area contributed by atoms with Crippen molar-refractivity contribution in [2.75, 3.05) is 33.7 Å². The van der Waals surface area contributed by atoms with Crippen LogP contribution in [0, 0.1) is 0 Å². The van der Waals surface area contributed by atoms with E-state index in [-0.39, 0.29) is 0 Å². The summed E-state index contributed by atoms with van der Waals surface area (Å²) in [5.74, 6) is 0.993. The maximum absolute atomic E-state index is 5.92. The summed E-state index contributed by atoms with van der Waals surface area (Å²) in [6.07, 6.45) is 5.78. The number of rotatable bonds is 13. The van der Waals surface area contributed by atoms with Gasteiger partial charge in [-0.15, -0.1) is 0 Å². The Labute approximate surface area is 210 Å². The van der Waals surface area contributed by atoms with Gasteiger partial charge in [-0.1, -0.05) is 69.0 Å². The third kappa shape index (κ3) is 7.57. The predicted molar refractivity (Wildman–Crippen MR) is 148 cm³/mol. The third-order valence-corrected chi connectivity index (χ3v) is 5.92. The van der Waals surface area contributed by atoms with Crippen LogP contribution in [0.15, 0.2) is 73.2 Å². The number of aromatic amines is 1. The lowest BCUT2D eigenvalue weighted by molar-refractivity contribution is 0.320. The van der Waals surface area contributed by atoms with Gasteiger partial charge in [0, 0.05) is 18.4 Å². The fourth-order valence-electron chi connectivity index (χ4n) is 4.22. The summed E-state index contributed by atoms with van der Waals surface area (Å²) in [4.78, 5) is 12.5. The van der Waals surface area contributed by atoms with Crippen LogP contribution in [0.2, 0.25) is 0 Å². The molecule has 35 heavy (non-hydrogen) atoms. The quantitative estimate of drug-likeness (QED) is 0.315. The molecule has 3 aromatic rings. The molecule has 6 nitrogen and oxygen atoms in total. The second-order valence-corrected chi connectivity index (χ2v) is 9.18. The summed E-state index contributed by atoms with van der Waals surface area (Å²) in [5.41, 5.74) is 13.2. The van der Waals surface area contributed by atoms with Crippen LogP contribution in [0.4, 0.5) is 0 Å². The lowest BCUT2D eigenvalue weighted by Crippen LogP contribution is -2.27. The van der Waals surface area contributed by atoms with Crippen LogP contribution in [0.3, 0.4) is 0 Å². The number of nitrogens with zero attached hydrogens (tertiary/aromatic N) is 3. The zero-order valence-corrected chi connectivity index (χ0v) is 21.6. The molecule has 0 unspecified atom stereocenters. The van der Waals surface area contributed by atoms with Gasteiger partial charge in [0.25, 0.3) is 0 Å². The molecule has 0 aliphatic carbocycles. The third-order valence-electron chi connectivity index (χ3n) is 5.92. The van der Waals surface area contributed by atoms with Gasteiger partial charge in [0.1, 0.15) is 5.82 Å². The summed E-state index contributed by atoms with van der Waals surface area (Å²) in [7, 11) is 4.22. The van der Waals surface area contributed by atoms with Crippen molar-refractivity contribution in [1.29, 1.82) is 0 Å². The Morgan fingerprint density at radius 1 is 0.943 bits per heavy atom. The van der Waals surface area contributed by atoms with Crippen LogP contribution in [-0.4, -0.2) is 53.5 Å². The molecular weight excluding hydrogens is 432 g/mol. The Kier molecular flexibility index (Phi) is 9.70. The SMILES string of the molecule is C=C(CN(C)CCC)N/C(=C\N)c1ccc(-c2ccc(-c3cnc(CN(C)CCC)[nH]3)cc2)cc1. The number of nitrogens with two attached hydrogens (primary N) is 1. The van der Waals surface area contributed by atoms with Gasteiger partial charge in [-0.25, -0.2) is 4.98 Å². The maximum atomic E-state index is 5.92. The van der Waals surface area contributed by atoms with Gasteiger partial charge in [0.15, 0.2) is 0 Å². The van der Waals surface area contributed by atoms with Crippen molar-refractivity contribution in [2.45, 2.75) is 33.2 Å². The summed E-state index contributed by atoms with van der Waals surface area (Å²) in [6.45, 7) is 12.2. The highest BCUT2D eigenvalue weighted by atomic mass is 15.1. The summed E-state index contributed by atoms with van der Waals surface area (Å²) >= 11 is 0. The van der Waals surface area contributed by atoms with Gasteiger partial charge in [0.05, 0.1) is 24.1 Å². The number of likely N-dealkylation sites (N-methyl/N-ethyl adjacent to an activating group) is 1. The number of aromatic nitrogens is 2. The van der Waals surface area contributed by atoms with Crippen molar-refractivity contribution in [3.63, 3.8) is 0 Å². The molecule has 0 radical (unpaired) electrons. The highest BCUT2D eigenvalue weighted by molar-refractivity contribution is 5.72. The fourth-order valence-corrected chi connectivity index (χ4v) is 4.22. The number of imidazole rings is 1. The van der Waals surface area contributed by atoms with Gasteiger partial charge < -0.3 is 20.9 Å². The second kappa shape index (κ2) is 12.9. The van der Waals surface area contributed by atoms with Crippen molar-refractivity contribution in [3.05, 3.63) is 84.6 Å². The zero-order chi connectivity index (χ0) is 25.2. The Balaban J connectivity index is 1.64. The van der Waals surface area contributed by atoms with Crippen LogP contribution < -0.4 is 11.1 Å². The van der Waals surface area contributed by atoms with E-state index in [9.17, 15) is 0 Å². The molecule has 0 saturated heterocycles. The molecule has 186 valence electrons. The summed E-state index contributed by atoms with van der Waals surface area (Å²) in [5, 5.41) is 3.37. The molecule has 1 heterocycles. The van der Waals surface area contributed by atoms with Crippen molar-refractivity contribution in [1.82, 2.24) is 25.1 Å². The first kappa shape index (κ1) is 26.3. The summed E-state index contributed by atoms with van der Waals surface area (Å²) < 4.78 is 0. The van der Waals surface area contributed by atoms with Crippen LogP contribution in [0.1, 0.15) is 38.1 Å². The normalized spacial score (nSPS) is 11.9. The lowest BCUT2D eigenvalue weighted by Gasteiger charge is -2.19. The van der Waals surface area contributed by atoms with E-state index in [1.54, 1.807) is 6.20 Å². The second-order valence-electron chi connectivity index (χ2n) is 9.18. The largest absolute Gasteiger partial charge is 0.403 e. The molecule has 0 amide bonds. The average molecular weight is 473 g/mol. The predicted octanol–water partition coefficient (Wildman–Crippen LogP) is 5.29. The lowest BCUT2D eigenvalue weighted by atomic mass is 10.0. The number of hydrogen-bond acceptors (Lipinski definition) is 5. The molecule has 0 atom stereocenters. The molecule has 6 heteroatoms. The Hall–Kier alpha value is -3.35. The molecule has 0 aliphatic rings. The molecule has 2 aromatic carbocycles. The molecule has 0 bridgehead atoms. The molecule has 0 spiro atoms. The minimum Gasteiger partial charge on any atom is -0.403 e. The van der Waals surface area contributed by atoms with E-state index in [2.05, 4.69) is 108 Å². The monoisotopic (exact) mass is 472 g/mol. The van der Waals surface area contributed by atoms with E-state index in [1.807, 2.05) is 6.20 Å². The molecule has 0 fully saturated rings. The average Bonchev–Trinajstić information content (AvgIpc) is 3.31.